The molecule has 3 aromatic heterocycles. The van der Waals surface area contributed by atoms with Crippen molar-refractivity contribution in [3.8, 4) is 17.4 Å². The first-order valence-corrected chi connectivity index (χ1v) is 11.0. The maximum absolute atomic E-state index is 12.3. The second-order valence-electron chi connectivity index (χ2n) is 5.47. The molecule has 0 amide bonds. The molecule has 0 fully saturated rings. The van der Waals surface area contributed by atoms with Crippen LogP contribution in [0.25, 0.3) is 5.82 Å². The Hall–Kier alpha value is -2.76. The van der Waals surface area contributed by atoms with Gasteiger partial charge in [0.25, 0.3) is 10.0 Å². The van der Waals surface area contributed by atoms with E-state index < -0.39 is 10.0 Å². The molecule has 0 bridgehead atoms. The highest BCUT2D eigenvalue weighted by Gasteiger charge is 2.16. The Bertz CT molecular complexity index is 1170. The first-order chi connectivity index (χ1) is 13.5. The van der Waals surface area contributed by atoms with E-state index in [1.54, 1.807) is 71.7 Å². The van der Waals surface area contributed by atoms with Crippen LogP contribution in [0.2, 0.25) is 0 Å². The Morgan fingerprint density at radius 1 is 1.04 bits per heavy atom. The Kier molecular flexibility index (Phi) is 5.11. The summed E-state index contributed by atoms with van der Waals surface area (Å²) in [5.74, 6) is 1.39. The van der Waals surface area contributed by atoms with Crippen LogP contribution in [0.3, 0.4) is 0 Å². The number of nitrogens with one attached hydrogen (secondary N) is 1. The fourth-order valence-electron chi connectivity index (χ4n) is 2.25. The zero-order valence-corrected chi connectivity index (χ0v) is 17.3. The van der Waals surface area contributed by atoms with Crippen molar-refractivity contribution in [2.75, 3.05) is 4.72 Å². The number of anilines is 1. The molecule has 142 valence electrons. The number of sulfonamides is 1. The van der Waals surface area contributed by atoms with Crippen molar-refractivity contribution in [2.24, 2.45) is 0 Å². The van der Waals surface area contributed by atoms with Gasteiger partial charge in [-0.05, 0) is 64.5 Å². The van der Waals surface area contributed by atoms with E-state index in [4.69, 9.17) is 4.74 Å². The molecule has 28 heavy (non-hydrogen) atoms. The summed E-state index contributed by atoms with van der Waals surface area (Å²) < 4.78 is 35.4. The number of benzene rings is 1. The van der Waals surface area contributed by atoms with Crippen molar-refractivity contribution in [1.82, 2.24) is 20.0 Å². The lowest BCUT2D eigenvalue weighted by molar-refractivity contribution is 0.454. The van der Waals surface area contributed by atoms with Crippen molar-refractivity contribution in [1.29, 1.82) is 0 Å². The number of hydrogen-bond acceptors (Lipinski definition) is 7. The highest BCUT2D eigenvalue weighted by Crippen LogP contribution is 2.28. The third kappa shape index (κ3) is 4.21. The predicted octanol–water partition coefficient (Wildman–Crippen LogP) is 4.08. The normalized spacial score (nSPS) is 11.3. The van der Waals surface area contributed by atoms with Gasteiger partial charge in [-0.2, -0.15) is 5.10 Å². The van der Waals surface area contributed by atoms with Crippen molar-refractivity contribution in [2.45, 2.75) is 4.21 Å². The molecule has 1 N–H and O–H groups in total. The van der Waals surface area contributed by atoms with Gasteiger partial charge in [-0.15, -0.1) is 21.5 Å². The molecule has 3 heterocycles. The summed E-state index contributed by atoms with van der Waals surface area (Å²) >= 11 is 4.40. The van der Waals surface area contributed by atoms with Crippen LogP contribution >= 0.6 is 27.3 Å². The van der Waals surface area contributed by atoms with E-state index in [0.717, 1.165) is 15.1 Å². The third-order valence-corrected chi connectivity index (χ3v) is 7.00. The Morgan fingerprint density at radius 3 is 2.46 bits per heavy atom. The molecular weight excluding hydrogens is 466 g/mol. The van der Waals surface area contributed by atoms with E-state index in [9.17, 15) is 8.42 Å². The lowest BCUT2D eigenvalue weighted by Crippen LogP contribution is -2.11. The molecule has 0 saturated heterocycles. The molecule has 0 radical (unpaired) electrons. The lowest BCUT2D eigenvalue weighted by Gasteiger charge is -2.08. The van der Waals surface area contributed by atoms with Gasteiger partial charge >= 0.3 is 0 Å². The van der Waals surface area contributed by atoms with Crippen LogP contribution < -0.4 is 9.46 Å². The van der Waals surface area contributed by atoms with Gasteiger partial charge in [0.05, 0.1) is 3.79 Å². The minimum atomic E-state index is -3.62. The molecule has 11 heteroatoms. The first-order valence-electron chi connectivity index (χ1n) is 7.89. The van der Waals surface area contributed by atoms with Crippen LogP contribution in [-0.4, -0.2) is 28.4 Å². The zero-order valence-electron chi connectivity index (χ0n) is 14.1. The fourth-order valence-corrected chi connectivity index (χ4v) is 5.32. The Labute approximate surface area is 173 Å². The van der Waals surface area contributed by atoms with Crippen LogP contribution in [0, 0.1) is 0 Å². The van der Waals surface area contributed by atoms with Gasteiger partial charge in [0.2, 0.25) is 5.88 Å². The number of halogens is 1. The Balaban J connectivity index is 1.43. The summed E-state index contributed by atoms with van der Waals surface area (Å²) in [4.78, 5) is 0. The van der Waals surface area contributed by atoms with Gasteiger partial charge in [0.15, 0.2) is 5.82 Å². The average Bonchev–Trinajstić information content (AvgIpc) is 3.36. The third-order valence-electron chi connectivity index (χ3n) is 3.51. The van der Waals surface area contributed by atoms with E-state index in [0.29, 0.717) is 23.1 Å². The molecule has 0 spiro atoms. The van der Waals surface area contributed by atoms with Crippen molar-refractivity contribution >= 4 is 43.0 Å². The maximum atomic E-state index is 12.3. The molecule has 0 unspecified atom stereocenters. The van der Waals surface area contributed by atoms with Crippen LogP contribution in [0.1, 0.15) is 0 Å². The van der Waals surface area contributed by atoms with E-state index >= 15 is 0 Å². The number of ether oxygens (including phenoxy) is 1. The lowest BCUT2D eigenvalue weighted by atomic mass is 10.3. The van der Waals surface area contributed by atoms with Gasteiger partial charge < -0.3 is 4.74 Å². The molecule has 0 aliphatic rings. The largest absolute Gasteiger partial charge is 0.438 e. The van der Waals surface area contributed by atoms with Crippen molar-refractivity contribution in [3.05, 3.63) is 70.8 Å². The second kappa shape index (κ2) is 7.70. The summed E-state index contributed by atoms with van der Waals surface area (Å²) in [6.07, 6.45) is 3.42. The topological polar surface area (TPSA) is 99.0 Å². The molecule has 4 aromatic rings. The van der Waals surface area contributed by atoms with Crippen molar-refractivity contribution < 1.29 is 13.2 Å². The summed E-state index contributed by atoms with van der Waals surface area (Å²) in [5.41, 5.74) is 0.428. The van der Waals surface area contributed by atoms with E-state index in [1.165, 1.54) is 0 Å². The number of thiophene rings is 1. The summed E-state index contributed by atoms with van der Waals surface area (Å²) in [6.45, 7) is 0. The average molecular weight is 478 g/mol. The fraction of sp³-hybridized carbons (Fsp3) is 0. The maximum Gasteiger partial charge on any atom is 0.271 e. The highest BCUT2D eigenvalue weighted by atomic mass is 79.9. The minimum absolute atomic E-state index is 0.229. The minimum Gasteiger partial charge on any atom is -0.438 e. The van der Waals surface area contributed by atoms with E-state index in [-0.39, 0.29) is 4.21 Å². The van der Waals surface area contributed by atoms with Gasteiger partial charge in [-0.3, -0.25) is 4.72 Å². The molecule has 0 aliphatic carbocycles. The SMILES string of the molecule is O=S(=O)(Nc1ccc(Oc2ccc(-n3cccn3)nn2)cc1)c1ccc(Br)s1. The molecule has 0 saturated carbocycles. The zero-order chi connectivity index (χ0) is 19.6. The smallest absolute Gasteiger partial charge is 0.271 e. The molecule has 1 aromatic carbocycles. The number of nitrogens with zero attached hydrogens (tertiary/aromatic N) is 4. The predicted molar refractivity (Wildman–Crippen MR) is 108 cm³/mol. The van der Waals surface area contributed by atoms with Crippen molar-refractivity contribution in [3.63, 3.8) is 0 Å². The number of aromatic nitrogens is 4. The molecular formula is C17H12BrN5O3S2. The van der Waals surface area contributed by atoms with Gasteiger partial charge in [0.1, 0.15) is 9.96 Å². The van der Waals surface area contributed by atoms with Crippen LogP contribution in [0.5, 0.6) is 11.6 Å². The molecule has 4 rings (SSSR count). The number of rotatable bonds is 6. The summed E-state index contributed by atoms with van der Waals surface area (Å²) in [5, 5.41) is 12.1. The Morgan fingerprint density at radius 2 is 1.86 bits per heavy atom. The van der Waals surface area contributed by atoms with Crippen LogP contribution in [0.4, 0.5) is 5.69 Å². The van der Waals surface area contributed by atoms with Gasteiger partial charge in [-0.25, -0.2) is 13.1 Å². The van der Waals surface area contributed by atoms with E-state index in [1.807, 2.05) is 0 Å². The monoisotopic (exact) mass is 477 g/mol. The second-order valence-corrected chi connectivity index (χ2v) is 9.84. The molecule has 0 aliphatic heterocycles. The molecule has 8 nitrogen and oxygen atoms in total. The molecule has 0 atom stereocenters. The summed E-state index contributed by atoms with van der Waals surface area (Å²) in [7, 11) is -3.62. The highest BCUT2D eigenvalue weighted by molar-refractivity contribution is 9.11. The quantitative estimate of drug-likeness (QED) is 0.449. The number of hydrogen-bond donors (Lipinski definition) is 1. The van der Waals surface area contributed by atoms with E-state index in [2.05, 4.69) is 35.9 Å². The van der Waals surface area contributed by atoms with Gasteiger partial charge in [-0.1, -0.05) is 0 Å². The van der Waals surface area contributed by atoms with Gasteiger partial charge in [0, 0.05) is 24.1 Å². The van der Waals surface area contributed by atoms with Crippen LogP contribution in [-0.2, 0) is 10.0 Å². The first kappa shape index (κ1) is 18.6. The summed E-state index contributed by atoms with van der Waals surface area (Å²) in [6, 6.07) is 14.9. The van der Waals surface area contributed by atoms with Crippen LogP contribution in [0.15, 0.2) is 75.0 Å². The standard InChI is InChI=1S/C17H12BrN5O3S2/c18-14-6-9-17(27-14)28(24,25)22-12-2-4-13(5-3-12)26-16-8-7-15(20-21-16)23-11-1-10-19-23/h1-11,22H.